The van der Waals surface area contributed by atoms with Crippen LogP contribution in [-0.2, 0) is 10.7 Å². The number of hydrogen-bond donors (Lipinski definition) is 1. The molecule has 2 aromatic heterocycles. The summed E-state index contributed by atoms with van der Waals surface area (Å²) in [5, 5.41) is 2.29. The van der Waals surface area contributed by atoms with Gasteiger partial charge in [0.2, 0.25) is 0 Å². The van der Waals surface area contributed by atoms with Crippen LogP contribution in [0.3, 0.4) is 0 Å². The zero-order valence-corrected chi connectivity index (χ0v) is 18.2. The topological polar surface area (TPSA) is 64.4 Å². The number of aromatic nitrogens is 1. The van der Waals surface area contributed by atoms with Crippen molar-refractivity contribution in [2.24, 2.45) is 0 Å². The Hall–Kier alpha value is -0.680. The van der Waals surface area contributed by atoms with Gasteiger partial charge in [0, 0.05) is 0 Å². The number of amides is 1. The molecule has 2 heterocycles. The van der Waals surface area contributed by atoms with Gasteiger partial charge in [-0.25, -0.2) is 9.78 Å². The summed E-state index contributed by atoms with van der Waals surface area (Å²) in [5.74, 6) is -4.15. The van der Waals surface area contributed by atoms with Gasteiger partial charge in [-0.1, -0.05) is 11.6 Å². The van der Waals surface area contributed by atoms with Gasteiger partial charge in [-0.3, -0.25) is 0 Å². The van der Waals surface area contributed by atoms with Crippen molar-refractivity contribution in [3.05, 3.63) is 25.0 Å². The number of fused-ring (bicyclic) bond motifs is 1. The number of alkyl halides is 2. The molecule has 0 aliphatic heterocycles. The maximum Gasteiger partial charge on any atom is 0.408 e. The molecule has 1 N–H and O–H groups in total. The Morgan fingerprint density at radius 2 is 2.08 bits per heavy atom. The zero-order chi connectivity index (χ0) is 19.2. The highest BCUT2D eigenvalue weighted by atomic mass is 127. The monoisotopic (exact) mass is 550 g/mol. The molecule has 25 heavy (non-hydrogen) atoms. The summed E-state index contributed by atoms with van der Waals surface area (Å²) < 4.78 is 40.5. The maximum atomic E-state index is 14.8. The van der Waals surface area contributed by atoms with Gasteiger partial charge < -0.3 is 14.5 Å². The molecule has 1 amide bonds. The highest BCUT2D eigenvalue weighted by molar-refractivity contribution is 14.1. The van der Waals surface area contributed by atoms with E-state index in [9.17, 15) is 13.6 Å². The van der Waals surface area contributed by atoms with Gasteiger partial charge in [-0.2, -0.15) is 8.78 Å². The fraction of sp³-hybridized carbons (Fsp3) is 0.467. The van der Waals surface area contributed by atoms with Crippen LogP contribution in [0.25, 0.3) is 11.1 Å². The minimum atomic E-state index is -3.51. The van der Waals surface area contributed by atoms with Crippen molar-refractivity contribution in [3.63, 3.8) is 0 Å². The van der Waals surface area contributed by atoms with Gasteiger partial charge in [-0.05, 0) is 72.3 Å². The standard InChI is InChI=1S/C15H15BrClF2IN2O3/c1-6(21-13(23)25-14(2,3)4)15(18,19)12-9(16)10-11(24-12)7(20)5-8(17)22-10/h5-6H,1-4H3,(H,21,23). The van der Waals surface area contributed by atoms with E-state index >= 15 is 0 Å². The molecule has 0 saturated carbocycles. The molecule has 0 aliphatic rings. The van der Waals surface area contributed by atoms with Crippen molar-refractivity contribution in [1.82, 2.24) is 10.3 Å². The Balaban J connectivity index is 2.36. The summed E-state index contributed by atoms with van der Waals surface area (Å²) in [6.07, 6.45) is -0.942. The molecule has 1 unspecified atom stereocenters. The normalized spacial score (nSPS) is 13.8. The molecule has 0 radical (unpaired) electrons. The van der Waals surface area contributed by atoms with Crippen molar-refractivity contribution in [1.29, 1.82) is 0 Å². The smallest absolute Gasteiger partial charge is 0.408 e. The first-order chi connectivity index (χ1) is 11.3. The van der Waals surface area contributed by atoms with Gasteiger partial charge in [0.25, 0.3) is 0 Å². The summed E-state index contributed by atoms with van der Waals surface area (Å²) in [6.45, 7) is 6.09. The summed E-state index contributed by atoms with van der Waals surface area (Å²) in [7, 11) is 0. The largest absolute Gasteiger partial charge is 0.451 e. The van der Waals surface area contributed by atoms with Gasteiger partial charge in [0.05, 0.1) is 8.04 Å². The van der Waals surface area contributed by atoms with Crippen molar-refractivity contribution >= 4 is 67.3 Å². The number of alkyl carbamates (subject to hydrolysis) is 1. The number of furan rings is 1. The molecule has 0 saturated heterocycles. The molecule has 0 spiro atoms. The molecule has 10 heteroatoms. The third-order valence-electron chi connectivity index (χ3n) is 3.09. The second kappa shape index (κ2) is 7.15. The molecular formula is C15H15BrClF2IN2O3. The van der Waals surface area contributed by atoms with Crippen LogP contribution < -0.4 is 5.32 Å². The van der Waals surface area contributed by atoms with Crippen LogP contribution in [0.5, 0.6) is 0 Å². The van der Waals surface area contributed by atoms with E-state index in [0.29, 0.717) is 3.57 Å². The van der Waals surface area contributed by atoms with Crippen molar-refractivity contribution in [2.75, 3.05) is 0 Å². The number of carbonyl (C=O) groups is 1. The van der Waals surface area contributed by atoms with E-state index in [1.165, 1.54) is 6.07 Å². The van der Waals surface area contributed by atoms with E-state index in [-0.39, 0.29) is 20.7 Å². The average Bonchev–Trinajstić information content (AvgIpc) is 2.75. The lowest BCUT2D eigenvalue weighted by molar-refractivity contribution is -0.0582. The molecule has 0 aliphatic carbocycles. The number of ether oxygens (including phenoxy) is 1. The Morgan fingerprint density at radius 3 is 2.64 bits per heavy atom. The van der Waals surface area contributed by atoms with Crippen LogP contribution in [0.1, 0.15) is 33.5 Å². The van der Waals surface area contributed by atoms with Gasteiger partial charge >= 0.3 is 12.0 Å². The van der Waals surface area contributed by atoms with E-state index in [0.717, 1.165) is 6.92 Å². The second-order valence-corrected chi connectivity index (χ2v) is 8.68. The summed E-state index contributed by atoms with van der Waals surface area (Å²) in [6, 6.07) is -0.0719. The molecule has 1 atom stereocenters. The van der Waals surface area contributed by atoms with Crippen molar-refractivity contribution in [2.45, 2.75) is 45.3 Å². The molecular weight excluding hydrogens is 536 g/mol. The van der Waals surface area contributed by atoms with Gasteiger partial charge in [-0.15, -0.1) is 0 Å². The van der Waals surface area contributed by atoms with Crippen molar-refractivity contribution < 1.29 is 22.7 Å². The molecule has 0 aromatic carbocycles. The number of pyridine rings is 1. The Kier molecular flexibility index (Phi) is 5.90. The van der Waals surface area contributed by atoms with Crippen LogP contribution in [0.2, 0.25) is 5.15 Å². The Bertz CT molecular complexity index is 823. The lowest BCUT2D eigenvalue weighted by atomic mass is 10.1. The molecule has 0 bridgehead atoms. The van der Waals surface area contributed by atoms with E-state index in [4.69, 9.17) is 20.8 Å². The second-order valence-electron chi connectivity index (χ2n) is 6.34. The van der Waals surface area contributed by atoms with Crippen LogP contribution >= 0.6 is 50.1 Å². The fourth-order valence-corrected chi connectivity index (χ4v) is 3.61. The number of nitrogens with one attached hydrogen (secondary N) is 1. The predicted octanol–water partition coefficient (Wildman–Crippen LogP) is 5.85. The molecule has 2 rings (SSSR count). The lowest BCUT2D eigenvalue weighted by Gasteiger charge is -2.25. The highest BCUT2D eigenvalue weighted by Gasteiger charge is 2.46. The van der Waals surface area contributed by atoms with Gasteiger partial charge in [0.15, 0.2) is 11.3 Å². The number of hydrogen-bond acceptors (Lipinski definition) is 4. The number of rotatable bonds is 3. The third-order valence-corrected chi connectivity index (χ3v) is 4.82. The minimum absolute atomic E-state index is 0.00856. The van der Waals surface area contributed by atoms with Gasteiger partial charge in [0.1, 0.15) is 22.3 Å². The van der Waals surface area contributed by atoms with Crippen LogP contribution in [-0.4, -0.2) is 22.7 Å². The molecule has 5 nitrogen and oxygen atoms in total. The number of carbonyl (C=O) groups excluding carboxylic acids is 1. The number of halogens is 5. The summed E-state index contributed by atoms with van der Waals surface area (Å²) >= 11 is 10.9. The third kappa shape index (κ3) is 4.54. The first-order valence-electron chi connectivity index (χ1n) is 7.14. The predicted molar refractivity (Wildman–Crippen MR) is 102 cm³/mol. The first kappa shape index (κ1) is 20.6. The summed E-state index contributed by atoms with van der Waals surface area (Å²) in [5.41, 5.74) is -0.414. The molecule has 0 fully saturated rings. The highest BCUT2D eigenvalue weighted by Crippen LogP contribution is 2.43. The Morgan fingerprint density at radius 1 is 1.48 bits per heavy atom. The molecule has 2 aromatic rings. The molecule has 138 valence electrons. The minimum Gasteiger partial charge on any atom is -0.451 e. The van der Waals surface area contributed by atoms with E-state index < -0.39 is 29.4 Å². The fourth-order valence-electron chi connectivity index (χ4n) is 1.96. The first-order valence-corrected chi connectivity index (χ1v) is 9.39. The summed E-state index contributed by atoms with van der Waals surface area (Å²) in [4.78, 5) is 15.8. The lowest BCUT2D eigenvalue weighted by Crippen LogP contribution is -2.45. The van der Waals surface area contributed by atoms with Crippen LogP contribution in [0.15, 0.2) is 15.0 Å². The van der Waals surface area contributed by atoms with Crippen LogP contribution in [0, 0.1) is 3.57 Å². The Labute approximate surface area is 170 Å². The quantitative estimate of drug-likeness (QED) is 0.384. The van der Waals surface area contributed by atoms with E-state index in [2.05, 4.69) is 26.2 Å². The maximum absolute atomic E-state index is 14.8. The number of nitrogens with zero attached hydrogens (tertiary/aromatic N) is 1. The SMILES string of the molecule is CC(NC(=O)OC(C)(C)C)C(F)(F)c1oc2c(I)cc(Cl)nc2c1Br. The van der Waals surface area contributed by atoms with Crippen LogP contribution in [0.4, 0.5) is 13.6 Å². The zero-order valence-electron chi connectivity index (χ0n) is 13.7. The van der Waals surface area contributed by atoms with E-state index in [1.807, 2.05) is 22.6 Å². The van der Waals surface area contributed by atoms with E-state index in [1.54, 1.807) is 20.8 Å². The average molecular weight is 552 g/mol. The van der Waals surface area contributed by atoms with Crippen molar-refractivity contribution in [3.8, 4) is 0 Å².